The van der Waals surface area contributed by atoms with Crippen LogP contribution in [0.3, 0.4) is 0 Å². The molecule has 0 spiro atoms. The fraction of sp³-hybridized carbons (Fsp3) is 0.250. The number of rotatable bonds is 5. The van der Waals surface area contributed by atoms with Gasteiger partial charge in [-0.1, -0.05) is 31.0 Å². The van der Waals surface area contributed by atoms with Gasteiger partial charge in [0.15, 0.2) is 0 Å². The van der Waals surface area contributed by atoms with Crippen LogP contribution in [-0.4, -0.2) is 17.0 Å². The van der Waals surface area contributed by atoms with E-state index in [0.29, 0.717) is 10.6 Å². The monoisotopic (exact) mass is 433 g/mol. The lowest BCUT2D eigenvalue weighted by molar-refractivity contribution is -0.384. The lowest BCUT2D eigenvalue weighted by atomic mass is 9.96. The van der Waals surface area contributed by atoms with Crippen LogP contribution in [0.2, 0.25) is 0 Å². The maximum atomic E-state index is 13.2. The van der Waals surface area contributed by atoms with Crippen molar-refractivity contribution >= 4 is 39.8 Å². The number of para-hydroxylation sites is 1. The van der Waals surface area contributed by atoms with E-state index in [0.717, 1.165) is 42.5 Å². The maximum absolute atomic E-state index is 13.2. The van der Waals surface area contributed by atoms with E-state index in [4.69, 9.17) is 0 Å². The van der Waals surface area contributed by atoms with E-state index in [-0.39, 0.29) is 11.6 Å². The van der Waals surface area contributed by atoms with E-state index in [1.165, 1.54) is 29.9 Å². The fourth-order valence-electron chi connectivity index (χ4n) is 3.76. The number of benzene rings is 2. The first-order valence-corrected chi connectivity index (χ1v) is 11.2. The number of hydrogen-bond donors (Lipinski definition) is 1. The number of hydrogen-bond acceptors (Lipinski definition) is 5. The van der Waals surface area contributed by atoms with E-state index in [2.05, 4.69) is 10.3 Å². The molecule has 0 atom stereocenters. The second-order valence-electron chi connectivity index (χ2n) is 7.53. The molecule has 4 rings (SSSR count). The molecule has 1 heterocycles. The highest BCUT2D eigenvalue weighted by Crippen LogP contribution is 2.39. The largest absolute Gasteiger partial charge is 0.322 e. The summed E-state index contributed by atoms with van der Waals surface area (Å²) in [4.78, 5) is 29.6. The fourth-order valence-corrected chi connectivity index (χ4v) is 4.99. The number of aliphatic imine (C=N–C) groups is 1. The zero-order valence-electron chi connectivity index (χ0n) is 17.0. The molecule has 0 unspecified atom stereocenters. The van der Waals surface area contributed by atoms with Gasteiger partial charge < -0.3 is 5.32 Å². The van der Waals surface area contributed by atoms with Gasteiger partial charge in [-0.15, -0.1) is 11.3 Å². The predicted octanol–water partition coefficient (Wildman–Crippen LogP) is 6.32. The molecule has 31 heavy (non-hydrogen) atoms. The summed E-state index contributed by atoms with van der Waals surface area (Å²) in [6, 6.07) is 15.7. The van der Waals surface area contributed by atoms with Crippen LogP contribution >= 0.6 is 11.3 Å². The molecule has 0 saturated heterocycles. The van der Waals surface area contributed by atoms with Crippen LogP contribution in [-0.2, 0) is 12.8 Å². The van der Waals surface area contributed by atoms with Gasteiger partial charge in [0.05, 0.1) is 10.5 Å². The number of anilines is 1. The second-order valence-corrected chi connectivity index (χ2v) is 8.61. The number of amides is 1. The number of non-ortho nitro benzene ring substituents is 1. The summed E-state index contributed by atoms with van der Waals surface area (Å²) in [5.41, 5.74) is 3.32. The molecule has 7 heteroatoms. The molecule has 1 aliphatic rings. The predicted molar refractivity (Wildman–Crippen MR) is 125 cm³/mol. The molecular weight excluding hydrogens is 410 g/mol. The number of nitrogens with zero attached hydrogens (tertiary/aromatic N) is 2. The Morgan fingerprint density at radius 1 is 1.00 bits per heavy atom. The third kappa shape index (κ3) is 5.06. The van der Waals surface area contributed by atoms with E-state index in [1.54, 1.807) is 29.7 Å². The maximum Gasteiger partial charge on any atom is 0.269 e. The van der Waals surface area contributed by atoms with Crippen LogP contribution in [0.5, 0.6) is 0 Å². The van der Waals surface area contributed by atoms with Crippen molar-refractivity contribution in [1.29, 1.82) is 0 Å². The number of nitrogens with one attached hydrogen (secondary N) is 1. The highest BCUT2D eigenvalue weighted by molar-refractivity contribution is 7.16. The number of nitro groups is 1. The highest BCUT2D eigenvalue weighted by atomic mass is 32.1. The standard InChI is InChI=1S/C24H23N3O3S/c28-23(26-18-8-4-3-5-9-18)22-20-10-6-1-2-7-11-21(20)31-24(22)25-16-17-12-14-19(15-13-17)27(29)30/h3-5,8-9,12-16H,1-2,6-7,10-11H2,(H,26,28). The molecule has 2 aromatic carbocycles. The molecule has 0 radical (unpaired) electrons. The van der Waals surface area contributed by atoms with Crippen LogP contribution in [0, 0.1) is 10.1 Å². The SMILES string of the molecule is O=C(Nc1ccccc1)c1c(N=Cc2ccc([N+](=O)[O-])cc2)sc2c1CCCCCC2. The number of thiophene rings is 1. The van der Waals surface area contributed by atoms with Gasteiger partial charge in [0.2, 0.25) is 0 Å². The zero-order valence-corrected chi connectivity index (χ0v) is 17.9. The van der Waals surface area contributed by atoms with Crippen molar-refractivity contribution in [3.05, 3.63) is 86.3 Å². The van der Waals surface area contributed by atoms with Crippen molar-refractivity contribution in [2.45, 2.75) is 38.5 Å². The zero-order chi connectivity index (χ0) is 21.6. The molecule has 3 aromatic rings. The van der Waals surface area contributed by atoms with Gasteiger partial charge in [-0.2, -0.15) is 0 Å². The van der Waals surface area contributed by atoms with Crippen LogP contribution in [0.15, 0.2) is 59.6 Å². The van der Waals surface area contributed by atoms with Crippen molar-refractivity contribution in [2.24, 2.45) is 4.99 Å². The Kier molecular flexibility index (Phi) is 6.52. The van der Waals surface area contributed by atoms with Crippen molar-refractivity contribution in [2.75, 3.05) is 5.32 Å². The summed E-state index contributed by atoms with van der Waals surface area (Å²) in [6.45, 7) is 0. The van der Waals surface area contributed by atoms with Gasteiger partial charge in [-0.25, -0.2) is 4.99 Å². The minimum absolute atomic E-state index is 0.0409. The molecule has 6 nitrogen and oxygen atoms in total. The summed E-state index contributed by atoms with van der Waals surface area (Å²) in [5.74, 6) is -0.139. The Bertz CT molecular complexity index is 1110. The van der Waals surface area contributed by atoms with Gasteiger partial charge in [0.1, 0.15) is 5.00 Å². The minimum Gasteiger partial charge on any atom is -0.322 e. The summed E-state index contributed by atoms with van der Waals surface area (Å²) in [7, 11) is 0. The summed E-state index contributed by atoms with van der Waals surface area (Å²) >= 11 is 1.58. The molecular formula is C24H23N3O3S. The Morgan fingerprint density at radius 3 is 2.42 bits per heavy atom. The van der Waals surface area contributed by atoms with E-state index < -0.39 is 4.92 Å². The lowest BCUT2D eigenvalue weighted by Gasteiger charge is -2.12. The van der Waals surface area contributed by atoms with Gasteiger partial charge in [-0.05, 0) is 61.1 Å². The van der Waals surface area contributed by atoms with Gasteiger partial charge in [-0.3, -0.25) is 14.9 Å². The Labute approximate surface area is 184 Å². The number of carbonyl (C=O) groups excluding carboxylic acids is 1. The lowest BCUT2D eigenvalue weighted by Crippen LogP contribution is -2.14. The molecule has 0 fully saturated rings. The first-order chi connectivity index (χ1) is 15.1. The quantitative estimate of drug-likeness (QED) is 0.290. The van der Waals surface area contributed by atoms with Crippen LogP contribution in [0.4, 0.5) is 16.4 Å². The number of aryl methyl sites for hydroxylation is 1. The molecule has 1 aromatic heterocycles. The Hall–Kier alpha value is -3.32. The van der Waals surface area contributed by atoms with Crippen molar-refractivity contribution in [3.8, 4) is 0 Å². The summed E-state index contributed by atoms with van der Waals surface area (Å²) < 4.78 is 0. The van der Waals surface area contributed by atoms with Crippen LogP contribution in [0.25, 0.3) is 0 Å². The third-order valence-corrected chi connectivity index (χ3v) is 6.55. The van der Waals surface area contributed by atoms with Crippen molar-refractivity contribution in [1.82, 2.24) is 0 Å². The van der Waals surface area contributed by atoms with E-state index in [1.807, 2.05) is 30.3 Å². The minimum atomic E-state index is -0.424. The Morgan fingerprint density at radius 2 is 1.71 bits per heavy atom. The van der Waals surface area contributed by atoms with Crippen LogP contribution < -0.4 is 5.32 Å². The molecule has 1 amide bonds. The first kappa shape index (κ1) is 20.9. The normalized spacial score (nSPS) is 13.9. The summed E-state index contributed by atoms with van der Waals surface area (Å²) in [6.07, 6.45) is 8.11. The average Bonchev–Trinajstić information content (AvgIpc) is 3.09. The van der Waals surface area contributed by atoms with Gasteiger partial charge in [0.25, 0.3) is 11.6 Å². The molecule has 0 saturated carbocycles. The molecule has 1 N–H and O–H groups in total. The molecule has 0 bridgehead atoms. The van der Waals surface area contributed by atoms with Crippen LogP contribution in [0.1, 0.15) is 52.0 Å². The number of carbonyl (C=O) groups is 1. The smallest absolute Gasteiger partial charge is 0.269 e. The highest BCUT2D eigenvalue weighted by Gasteiger charge is 2.24. The Balaban J connectivity index is 1.67. The molecule has 0 aliphatic heterocycles. The third-order valence-electron chi connectivity index (χ3n) is 5.35. The van der Waals surface area contributed by atoms with E-state index >= 15 is 0 Å². The molecule has 158 valence electrons. The van der Waals surface area contributed by atoms with Gasteiger partial charge >= 0.3 is 0 Å². The first-order valence-electron chi connectivity index (χ1n) is 10.4. The second kappa shape index (κ2) is 9.66. The molecule has 1 aliphatic carbocycles. The van der Waals surface area contributed by atoms with Crippen molar-refractivity contribution in [3.63, 3.8) is 0 Å². The van der Waals surface area contributed by atoms with Crippen molar-refractivity contribution < 1.29 is 9.72 Å². The number of nitro benzene ring substituents is 1. The van der Waals surface area contributed by atoms with Gasteiger partial charge in [0, 0.05) is 28.9 Å². The summed E-state index contributed by atoms with van der Waals surface area (Å²) in [5, 5.41) is 14.6. The van der Waals surface area contributed by atoms with E-state index in [9.17, 15) is 14.9 Å². The average molecular weight is 434 g/mol. The topological polar surface area (TPSA) is 84.6 Å². The number of fused-ring (bicyclic) bond motifs is 1.